The number of anilines is 1. The van der Waals surface area contributed by atoms with Crippen molar-refractivity contribution in [2.75, 3.05) is 5.32 Å². The SMILES string of the molecule is CC(C)[C@H](Nc1cncc(SCc2ccccc2)n1)C(=O)O. The molecule has 1 aromatic heterocycles. The van der Waals surface area contributed by atoms with E-state index in [0.717, 1.165) is 10.8 Å². The first-order valence-corrected chi connectivity index (χ1v) is 8.03. The van der Waals surface area contributed by atoms with E-state index in [1.165, 1.54) is 5.56 Å². The van der Waals surface area contributed by atoms with Gasteiger partial charge in [0, 0.05) is 5.75 Å². The van der Waals surface area contributed by atoms with Crippen molar-refractivity contribution < 1.29 is 9.90 Å². The molecule has 0 unspecified atom stereocenters. The lowest BCUT2D eigenvalue weighted by Crippen LogP contribution is -2.34. The standard InChI is InChI=1S/C16H19N3O2S/c1-11(2)15(16(20)21)19-13-8-17-9-14(18-13)22-10-12-6-4-3-5-7-12/h3-9,11,15H,10H2,1-2H3,(H,18,19)(H,20,21)/t15-/m0/s1. The molecule has 0 spiro atoms. The molecule has 1 aromatic carbocycles. The van der Waals surface area contributed by atoms with Crippen LogP contribution in [-0.2, 0) is 10.5 Å². The Morgan fingerprint density at radius 1 is 1.27 bits per heavy atom. The van der Waals surface area contributed by atoms with Crippen LogP contribution in [0.1, 0.15) is 19.4 Å². The first-order chi connectivity index (χ1) is 10.6. The number of nitrogens with zero attached hydrogens (tertiary/aromatic N) is 2. The van der Waals surface area contributed by atoms with E-state index in [1.54, 1.807) is 24.2 Å². The van der Waals surface area contributed by atoms with Crippen LogP contribution < -0.4 is 5.32 Å². The molecule has 0 aliphatic carbocycles. The quantitative estimate of drug-likeness (QED) is 0.763. The number of aromatic nitrogens is 2. The number of hydrogen-bond acceptors (Lipinski definition) is 5. The van der Waals surface area contributed by atoms with Crippen molar-refractivity contribution in [3.8, 4) is 0 Å². The first-order valence-electron chi connectivity index (χ1n) is 7.04. The van der Waals surface area contributed by atoms with Crippen LogP contribution in [-0.4, -0.2) is 27.1 Å². The van der Waals surface area contributed by atoms with Gasteiger partial charge in [0.15, 0.2) is 0 Å². The Bertz CT molecular complexity index is 620. The van der Waals surface area contributed by atoms with Gasteiger partial charge in [0.1, 0.15) is 16.9 Å². The summed E-state index contributed by atoms with van der Waals surface area (Å²) < 4.78 is 0. The molecule has 2 aromatic rings. The van der Waals surface area contributed by atoms with Crippen molar-refractivity contribution in [3.05, 3.63) is 48.3 Å². The summed E-state index contributed by atoms with van der Waals surface area (Å²) in [7, 11) is 0. The van der Waals surface area contributed by atoms with Gasteiger partial charge in [-0.05, 0) is 11.5 Å². The molecule has 0 bridgehead atoms. The topological polar surface area (TPSA) is 75.1 Å². The van der Waals surface area contributed by atoms with E-state index in [-0.39, 0.29) is 5.92 Å². The van der Waals surface area contributed by atoms with Crippen molar-refractivity contribution >= 4 is 23.5 Å². The first kappa shape index (κ1) is 16.3. The lowest BCUT2D eigenvalue weighted by Gasteiger charge is -2.18. The summed E-state index contributed by atoms with van der Waals surface area (Å²) in [5.41, 5.74) is 1.21. The average Bonchev–Trinajstić information content (AvgIpc) is 2.51. The van der Waals surface area contributed by atoms with Crippen LogP contribution in [0.4, 0.5) is 5.82 Å². The van der Waals surface area contributed by atoms with Crippen LogP contribution in [0.3, 0.4) is 0 Å². The number of carboxylic acids is 1. The number of carbonyl (C=O) groups is 1. The van der Waals surface area contributed by atoms with Crippen LogP contribution in [0.25, 0.3) is 0 Å². The number of aliphatic carboxylic acids is 1. The highest BCUT2D eigenvalue weighted by Gasteiger charge is 2.21. The molecule has 0 amide bonds. The molecule has 0 saturated carbocycles. The fraction of sp³-hybridized carbons (Fsp3) is 0.312. The molecular weight excluding hydrogens is 298 g/mol. The van der Waals surface area contributed by atoms with E-state index in [4.69, 9.17) is 0 Å². The number of rotatable bonds is 7. The maximum Gasteiger partial charge on any atom is 0.326 e. The second kappa shape index (κ2) is 7.79. The number of hydrogen-bond donors (Lipinski definition) is 2. The molecule has 2 N–H and O–H groups in total. The second-order valence-corrected chi connectivity index (χ2v) is 6.22. The molecule has 0 fully saturated rings. The Kier molecular flexibility index (Phi) is 5.77. The molecule has 5 nitrogen and oxygen atoms in total. The van der Waals surface area contributed by atoms with Crippen LogP contribution in [0, 0.1) is 5.92 Å². The summed E-state index contributed by atoms with van der Waals surface area (Å²) in [6, 6.07) is 9.42. The summed E-state index contributed by atoms with van der Waals surface area (Å²) in [4.78, 5) is 19.8. The zero-order valence-electron chi connectivity index (χ0n) is 12.6. The third-order valence-electron chi connectivity index (χ3n) is 3.08. The van der Waals surface area contributed by atoms with Gasteiger partial charge >= 0.3 is 5.97 Å². The highest BCUT2D eigenvalue weighted by molar-refractivity contribution is 7.98. The van der Waals surface area contributed by atoms with Crippen molar-refractivity contribution in [1.29, 1.82) is 0 Å². The molecular formula is C16H19N3O2S. The van der Waals surface area contributed by atoms with E-state index in [0.29, 0.717) is 5.82 Å². The fourth-order valence-electron chi connectivity index (χ4n) is 1.89. The normalized spacial score (nSPS) is 12.1. The van der Waals surface area contributed by atoms with Gasteiger partial charge in [0.05, 0.1) is 12.4 Å². The third-order valence-corrected chi connectivity index (χ3v) is 4.05. The number of carboxylic acid groups (broad SMARTS) is 1. The van der Waals surface area contributed by atoms with Crippen molar-refractivity contribution in [1.82, 2.24) is 9.97 Å². The van der Waals surface area contributed by atoms with Gasteiger partial charge in [-0.15, -0.1) is 11.8 Å². The molecule has 2 rings (SSSR count). The van der Waals surface area contributed by atoms with Crippen molar-refractivity contribution in [2.45, 2.75) is 30.7 Å². The van der Waals surface area contributed by atoms with E-state index in [2.05, 4.69) is 27.4 Å². The van der Waals surface area contributed by atoms with Gasteiger partial charge < -0.3 is 10.4 Å². The van der Waals surface area contributed by atoms with Crippen molar-refractivity contribution in [2.24, 2.45) is 5.92 Å². The second-order valence-electron chi connectivity index (χ2n) is 5.22. The van der Waals surface area contributed by atoms with Gasteiger partial charge in [0.25, 0.3) is 0 Å². The van der Waals surface area contributed by atoms with Crippen molar-refractivity contribution in [3.63, 3.8) is 0 Å². The summed E-state index contributed by atoms with van der Waals surface area (Å²) in [5, 5.41) is 12.9. The Hall–Kier alpha value is -2.08. The number of nitrogens with one attached hydrogen (secondary N) is 1. The zero-order chi connectivity index (χ0) is 15.9. The highest BCUT2D eigenvalue weighted by atomic mass is 32.2. The minimum absolute atomic E-state index is 0.0417. The minimum atomic E-state index is -0.890. The Labute approximate surface area is 134 Å². The summed E-state index contributed by atoms with van der Waals surface area (Å²) in [6.45, 7) is 3.71. The van der Waals surface area contributed by atoms with Crippen LogP contribution in [0.15, 0.2) is 47.8 Å². The molecule has 0 radical (unpaired) electrons. The van der Waals surface area contributed by atoms with E-state index < -0.39 is 12.0 Å². The van der Waals surface area contributed by atoms with Gasteiger partial charge in [-0.1, -0.05) is 44.2 Å². The predicted octanol–water partition coefficient (Wildman–Crippen LogP) is 3.29. The maximum absolute atomic E-state index is 11.2. The van der Waals surface area contributed by atoms with Gasteiger partial charge in [0.2, 0.25) is 0 Å². The molecule has 1 heterocycles. The molecule has 116 valence electrons. The van der Waals surface area contributed by atoms with Crippen LogP contribution in [0.5, 0.6) is 0 Å². The molecule has 0 aliphatic heterocycles. The number of benzene rings is 1. The zero-order valence-corrected chi connectivity index (χ0v) is 13.4. The Morgan fingerprint density at radius 2 is 2.00 bits per heavy atom. The van der Waals surface area contributed by atoms with Crippen LogP contribution in [0.2, 0.25) is 0 Å². The summed E-state index contributed by atoms with van der Waals surface area (Å²) in [6.07, 6.45) is 3.23. The smallest absolute Gasteiger partial charge is 0.326 e. The fourth-order valence-corrected chi connectivity index (χ4v) is 2.70. The summed E-state index contributed by atoms with van der Waals surface area (Å²) >= 11 is 1.57. The Balaban J connectivity index is 2.02. The van der Waals surface area contributed by atoms with Gasteiger partial charge in [-0.2, -0.15) is 0 Å². The van der Waals surface area contributed by atoms with Crippen LogP contribution >= 0.6 is 11.8 Å². The lowest BCUT2D eigenvalue weighted by atomic mass is 10.1. The van der Waals surface area contributed by atoms with E-state index in [1.807, 2.05) is 32.0 Å². The van der Waals surface area contributed by atoms with E-state index in [9.17, 15) is 9.90 Å². The molecule has 0 aliphatic rings. The Morgan fingerprint density at radius 3 is 2.64 bits per heavy atom. The highest BCUT2D eigenvalue weighted by Crippen LogP contribution is 2.21. The molecule has 6 heteroatoms. The molecule has 0 saturated heterocycles. The predicted molar refractivity (Wildman–Crippen MR) is 87.9 cm³/mol. The monoisotopic (exact) mass is 317 g/mol. The van der Waals surface area contributed by atoms with E-state index >= 15 is 0 Å². The maximum atomic E-state index is 11.2. The largest absolute Gasteiger partial charge is 0.480 e. The molecule has 22 heavy (non-hydrogen) atoms. The molecule has 1 atom stereocenters. The third kappa shape index (κ3) is 4.73. The number of thioether (sulfide) groups is 1. The minimum Gasteiger partial charge on any atom is -0.480 e. The van der Waals surface area contributed by atoms with Gasteiger partial charge in [-0.3, -0.25) is 4.98 Å². The summed E-state index contributed by atoms with van der Waals surface area (Å²) in [5.74, 6) is 0.351. The average molecular weight is 317 g/mol. The van der Waals surface area contributed by atoms with Gasteiger partial charge in [-0.25, -0.2) is 9.78 Å². The lowest BCUT2D eigenvalue weighted by molar-refractivity contribution is -0.138.